The van der Waals surface area contributed by atoms with Crippen LogP contribution in [0.15, 0.2) is 42.7 Å². The zero-order chi connectivity index (χ0) is 16.4. The van der Waals surface area contributed by atoms with E-state index in [2.05, 4.69) is 31.9 Å². The van der Waals surface area contributed by atoms with Crippen molar-refractivity contribution < 1.29 is 4.79 Å². The third kappa shape index (κ3) is 3.11. The van der Waals surface area contributed by atoms with Gasteiger partial charge in [0, 0.05) is 23.6 Å². The van der Waals surface area contributed by atoms with Crippen molar-refractivity contribution in [3.8, 4) is 10.6 Å². The lowest BCUT2D eigenvalue weighted by atomic mass is 10.1. The predicted molar refractivity (Wildman–Crippen MR) is 94.2 cm³/mol. The summed E-state index contributed by atoms with van der Waals surface area (Å²) in [5, 5.41) is 14.9. The maximum Gasteiger partial charge on any atom is 0.325 e. The Morgan fingerprint density at radius 1 is 1.00 bits per heavy atom. The second kappa shape index (κ2) is 6.37. The number of rotatable bonds is 3. The summed E-state index contributed by atoms with van der Waals surface area (Å²) >= 11 is 1.32. The fourth-order valence-corrected chi connectivity index (χ4v) is 3.54. The fourth-order valence-electron chi connectivity index (χ4n) is 2.79. The topological polar surface area (TPSA) is 79.8 Å². The van der Waals surface area contributed by atoms with E-state index < -0.39 is 0 Å². The van der Waals surface area contributed by atoms with E-state index in [0.29, 0.717) is 5.13 Å². The van der Waals surface area contributed by atoms with Crippen LogP contribution in [0.4, 0.5) is 15.6 Å². The number of anilines is 2. The Labute approximate surface area is 143 Å². The van der Waals surface area contributed by atoms with Gasteiger partial charge in [-0.2, -0.15) is 0 Å². The number of amides is 2. The van der Waals surface area contributed by atoms with Gasteiger partial charge < -0.3 is 5.32 Å². The number of pyridine rings is 1. The van der Waals surface area contributed by atoms with Gasteiger partial charge in [-0.15, -0.1) is 10.2 Å². The second-order valence-corrected chi connectivity index (χ2v) is 6.54. The van der Waals surface area contributed by atoms with E-state index in [-0.39, 0.29) is 6.03 Å². The third-order valence-corrected chi connectivity index (χ3v) is 4.82. The van der Waals surface area contributed by atoms with Gasteiger partial charge in [0.05, 0.1) is 0 Å². The van der Waals surface area contributed by atoms with E-state index in [1.54, 1.807) is 12.4 Å². The molecule has 2 N–H and O–H groups in total. The predicted octanol–water partition coefficient (Wildman–Crippen LogP) is 3.73. The summed E-state index contributed by atoms with van der Waals surface area (Å²) in [4.78, 5) is 16.1. The molecule has 4 rings (SSSR count). The molecule has 3 aromatic rings. The molecule has 0 unspecified atom stereocenters. The summed E-state index contributed by atoms with van der Waals surface area (Å²) in [6, 6.07) is 9.47. The SMILES string of the molecule is O=C(Nc1ccc2c(c1)CCC2)Nc1nnc(-c2ccncc2)s1. The first-order chi connectivity index (χ1) is 11.8. The minimum atomic E-state index is -0.314. The number of hydrogen-bond donors (Lipinski definition) is 2. The van der Waals surface area contributed by atoms with Crippen molar-refractivity contribution in [1.29, 1.82) is 0 Å². The summed E-state index contributed by atoms with van der Waals surface area (Å²) < 4.78 is 0. The Morgan fingerprint density at radius 3 is 2.71 bits per heavy atom. The Morgan fingerprint density at radius 2 is 1.83 bits per heavy atom. The van der Waals surface area contributed by atoms with Crippen LogP contribution >= 0.6 is 11.3 Å². The van der Waals surface area contributed by atoms with E-state index in [4.69, 9.17) is 0 Å². The van der Waals surface area contributed by atoms with Gasteiger partial charge in [-0.3, -0.25) is 10.3 Å². The number of benzene rings is 1. The van der Waals surface area contributed by atoms with Gasteiger partial charge in [0.25, 0.3) is 0 Å². The first kappa shape index (κ1) is 14.8. The molecule has 0 spiro atoms. The average Bonchev–Trinajstić information content (AvgIpc) is 3.24. The number of aromatic nitrogens is 3. The quantitative estimate of drug-likeness (QED) is 0.763. The Balaban J connectivity index is 1.42. The van der Waals surface area contributed by atoms with Crippen molar-refractivity contribution in [2.75, 3.05) is 10.6 Å². The molecular weight excluding hydrogens is 322 g/mol. The standard InChI is InChI=1S/C17H15N5OS/c23-16(19-14-5-4-11-2-1-3-13(11)10-14)20-17-22-21-15(24-17)12-6-8-18-9-7-12/h4-10H,1-3H2,(H2,19,20,22,23). The van der Waals surface area contributed by atoms with Crippen molar-refractivity contribution in [3.05, 3.63) is 53.9 Å². The van der Waals surface area contributed by atoms with Crippen LogP contribution in [0.5, 0.6) is 0 Å². The summed E-state index contributed by atoms with van der Waals surface area (Å²) in [5.41, 5.74) is 4.43. The lowest BCUT2D eigenvalue weighted by molar-refractivity contribution is 0.262. The van der Waals surface area contributed by atoms with Crippen molar-refractivity contribution in [1.82, 2.24) is 15.2 Å². The highest BCUT2D eigenvalue weighted by Crippen LogP contribution is 2.27. The van der Waals surface area contributed by atoms with Crippen LogP contribution in [0.2, 0.25) is 0 Å². The molecule has 120 valence electrons. The minimum absolute atomic E-state index is 0.314. The molecule has 0 atom stereocenters. The molecule has 2 amide bonds. The molecule has 0 bridgehead atoms. The van der Waals surface area contributed by atoms with Crippen LogP contribution in [-0.4, -0.2) is 21.2 Å². The number of urea groups is 1. The average molecular weight is 337 g/mol. The van der Waals surface area contributed by atoms with Crippen LogP contribution in [0.3, 0.4) is 0 Å². The van der Waals surface area contributed by atoms with Crippen molar-refractivity contribution in [3.63, 3.8) is 0 Å². The zero-order valence-electron chi connectivity index (χ0n) is 12.8. The third-order valence-electron chi connectivity index (χ3n) is 3.93. The van der Waals surface area contributed by atoms with E-state index in [1.165, 1.54) is 28.9 Å². The van der Waals surface area contributed by atoms with E-state index >= 15 is 0 Å². The first-order valence-electron chi connectivity index (χ1n) is 7.72. The molecule has 0 radical (unpaired) electrons. The number of hydrogen-bond acceptors (Lipinski definition) is 5. The van der Waals surface area contributed by atoms with E-state index in [1.807, 2.05) is 24.3 Å². The minimum Gasteiger partial charge on any atom is -0.308 e. The second-order valence-electron chi connectivity index (χ2n) is 5.56. The van der Waals surface area contributed by atoms with E-state index in [0.717, 1.165) is 29.1 Å². The molecule has 2 aromatic heterocycles. The monoisotopic (exact) mass is 337 g/mol. The maximum atomic E-state index is 12.1. The molecule has 1 aliphatic carbocycles. The fraction of sp³-hybridized carbons (Fsp3) is 0.176. The van der Waals surface area contributed by atoms with Gasteiger partial charge in [0.1, 0.15) is 5.01 Å². The molecule has 6 nitrogen and oxygen atoms in total. The van der Waals surface area contributed by atoms with Crippen LogP contribution in [0.1, 0.15) is 17.5 Å². The number of fused-ring (bicyclic) bond motifs is 1. The molecule has 0 aliphatic heterocycles. The maximum absolute atomic E-state index is 12.1. The Kier molecular flexibility index (Phi) is 3.92. The van der Waals surface area contributed by atoms with Gasteiger partial charge in [0.2, 0.25) is 5.13 Å². The smallest absolute Gasteiger partial charge is 0.308 e. The van der Waals surface area contributed by atoms with Gasteiger partial charge in [-0.1, -0.05) is 17.4 Å². The molecule has 1 aromatic carbocycles. The van der Waals surface area contributed by atoms with Crippen LogP contribution in [0.25, 0.3) is 10.6 Å². The first-order valence-corrected chi connectivity index (χ1v) is 8.53. The summed E-state index contributed by atoms with van der Waals surface area (Å²) in [6.45, 7) is 0. The van der Waals surface area contributed by atoms with Crippen molar-refractivity contribution >= 4 is 28.2 Å². The largest absolute Gasteiger partial charge is 0.325 e. The van der Waals surface area contributed by atoms with Crippen molar-refractivity contribution in [2.45, 2.75) is 19.3 Å². The van der Waals surface area contributed by atoms with Gasteiger partial charge in [-0.25, -0.2) is 4.79 Å². The van der Waals surface area contributed by atoms with Gasteiger partial charge in [-0.05, 0) is 54.7 Å². The molecule has 1 aliphatic rings. The molecule has 0 saturated heterocycles. The lowest BCUT2D eigenvalue weighted by Crippen LogP contribution is -2.19. The normalized spacial score (nSPS) is 12.7. The lowest BCUT2D eigenvalue weighted by Gasteiger charge is -2.07. The number of nitrogens with zero attached hydrogens (tertiary/aromatic N) is 3. The zero-order valence-corrected chi connectivity index (χ0v) is 13.6. The molecule has 0 fully saturated rings. The number of carbonyl (C=O) groups excluding carboxylic acids is 1. The summed E-state index contributed by atoms with van der Waals surface area (Å²) in [5.74, 6) is 0. The highest BCUT2D eigenvalue weighted by Gasteiger charge is 2.13. The number of carbonyl (C=O) groups is 1. The van der Waals surface area contributed by atoms with Gasteiger partial charge in [0.15, 0.2) is 0 Å². The molecule has 24 heavy (non-hydrogen) atoms. The summed E-state index contributed by atoms with van der Waals surface area (Å²) in [7, 11) is 0. The molecular formula is C17H15N5OS. The molecule has 7 heteroatoms. The van der Waals surface area contributed by atoms with Gasteiger partial charge >= 0.3 is 6.03 Å². The van der Waals surface area contributed by atoms with Crippen molar-refractivity contribution in [2.24, 2.45) is 0 Å². The number of aryl methyl sites for hydroxylation is 2. The van der Waals surface area contributed by atoms with Crippen LogP contribution in [-0.2, 0) is 12.8 Å². The highest BCUT2D eigenvalue weighted by atomic mass is 32.1. The van der Waals surface area contributed by atoms with E-state index in [9.17, 15) is 4.79 Å². The molecule has 2 heterocycles. The Bertz CT molecular complexity index is 878. The van der Waals surface area contributed by atoms with Crippen LogP contribution in [0, 0.1) is 0 Å². The summed E-state index contributed by atoms with van der Waals surface area (Å²) in [6.07, 6.45) is 6.80. The Hall–Kier alpha value is -2.80. The highest BCUT2D eigenvalue weighted by molar-refractivity contribution is 7.18. The number of nitrogens with one attached hydrogen (secondary N) is 2. The molecule has 0 saturated carbocycles. The van der Waals surface area contributed by atoms with Crippen LogP contribution < -0.4 is 10.6 Å².